The van der Waals surface area contributed by atoms with Crippen molar-refractivity contribution in [1.82, 2.24) is 0 Å². The quantitative estimate of drug-likeness (QED) is 0.537. The molecule has 78 valence electrons. The fourth-order valence-electron chi connectivity index (χ4n) is 2.19. The first-order valence-electron chi connectivity index (χ1n) is 5.13. The highest BCUT2D eigenvalue weighted by atomic mass is 16.3. The summed E-state index contributed by atoms with van der Waals surface area (Å²) >= 11 is 0. The number of rotatable bonds is 3. The number of allylic oxidation sites excluding steroid dienone is 1. The standard InChI is InChI=1S/C11H17NO2/c1-12-7-11(14)6-9-4-2-3-5-10(9)8-13/h7,9-10,13-14H,2-6,8H2/b11-7+. The summed E-state index contributed by atoms with van der Waals surface area (Å²) in [7, 11) is 0. The summed E-state index contributed by atoms with van der Waals surface area (Å²) in [6, 6.07) is 0. The molecule has 2 N–H and O–H groups in total. The summed E-state index contributed by atoms with van der Waals surface area (Å²) in [5.41, 5.74) is 0. The van der Waals surface area contributed by atoms with Gasteiger partial charge in [-0.05, 0) is 31.1 Å². The van der Waals surface area contributed by atoms with Gasteiger partial charge in [-0.2, -0.15) is 0 Å². The molecule has 1 fully saturated rings. The van der Waals surface area contributed by atoms with Gasteiger partial charge in [0.05, 0.1) is 12.3 Å². The molecule has 0 saturated heterocycles. The maximum atomic E-state index is 9.38. The zero-order valence-electron chi connectivity index (χ0n) is 8.32. The lowest BCUT2D eigenvalue weighted by molar-refractivity contribution is 0.126. The summed E-state index contributed by atoms with van der Waals surface area (Å²) in [5, 5.41) is 18.5. The molecule has 0 heterocycles. The van der Waals surface area contributed by atoms with Crippen LogP contribution in [-0.2, 0) is 0 Å². The Balaban J connectivity index is 2.49. The second kappa shape index (κ2) is 5.66. The fraction of sp³-hybridized carbons (Fsp3) is 0.727. The van der Waals surface area contributed by atoms with E-state index in [0.29, 0.717) is 18.3 Å². The Morgan fingerprint density at radius 1 is 1.36 bits per heavy atom. The summed E-state index contributed by atoms with van der Waals surface area (Å²) in [4.78, 5) is 3.03. The predicted octanol–water partition coefficient (Wildman–Crippen LogP) is 2.49. The van der Waals surface area contributed by atoms with E-state index >= 15 is 0 Å². The molecule has 1 rings (SSSR count). The van der Waals surface area contributed by atoms with Gasteiger partial charge in [-0.3, -0.25) is 0 Å². The van der Waals surface area contributed by atoms with Crippen LogP contribution in [0.1, 0.15) is 32.1 Å². The maximum absolute atomic E-state index is 9.38. The molecule has 2 atom stereocenters. The van der Waals surface area contributed by atoms with E-state index in [1.165, 1.54) is 19.0 Å². The summed E-state index contributed by atoms with van der Waals surface area (Å²) in [5.74, 6) is 0.821. The summed E-state index contributed by atoms with van der Waals surface area (Å²) in [6.07, 6.45) is 6.17. The van der Waals surface area contributed by atoms with Crippen molar-refractivity contribution in [2.45, 2.75) is 32.1 Å². The van der Waals surface area contributed by atoms with Crippen LogP contribution in [0.4, 0.5) is 0 Å². The van der Waals surface area contributed by atoms with E-state index in [9.17, 15) is 5.11 Å². The summed E-state index contributed by atoms with van der Waals surface area (Å²) < 4.78 is 0. The van der Waals surface area contributed by atoms with Gasteiger partial charge in [-0.25, -0.2) is 4.85 Å². The van der Waals surface area contributed by atoms with E-state index in [-0.39, 0.29) is 12.4 Å². The van der Waals surface area contributed by atoms with Gasteiger partial charge in [0, 0.05) is 6.61 Å². The van der Waals surface area contributed by atoms with Crippen molar-refractivity contribution >= 4 is 0 Å². The molecule has 0 aromatic rings. The zero-order chi connectivity index (χ0) is 10.4. The van der Waals surface area contributed by atoms with Crippen LogP contribution in [0.5, 0.6) is 0 Å². The number of nitrogens with zero attached hydrogens (tertiary/aromatic N) is 1. The Labute approximate surface area is 84.9 Å². The average Bonchev–Trinajstić information content (AvgIpc) is 2.19. The Hall–Kier alpha value is -1.01. The molecule has 0 aliphatic heterocycles. The third-order valence-corrected chi connectivity index (χ3v) is 2.99. The Morgan fingerprint density at radius 3 is 2.57 bits per heavy atom. The molecular weight excluding hydrogens is 178 g/mol. The number of aliphatic hydroxyl groups excluding tert-OH is 2. The van der Waals surface area contributed by atoms with E-state index in [2.05, 4.69) is 4.85 Å². The monoisotopic (exact) mass is 195 g/mol. The van der Waals surface area contributed by atoms with Crippen molar-refractivity contribution in [2.75, 3.05) is 6.61 Å². The van der Waals surface area contributed by atoms with Crippen LogP contribution in [0.2, 0.25) is 0 Å². The molecule has 0 aromatic heterocycles. The van der Waals surface area contributed by atoms with Crippen LogP contribution < -0.4 is 0 Å². The third kappa shape index (κ3) is 3.04. The van der Waals surface area contributed by atoms with E-state index in [1.807, 2.05) is 0 Å². The van der Waals surface area contributed by atoms with Crippen LogP contribution in [0, 0.1) is 18.4 Å². The Bertz CT molecular complexity index is 242. The lowest BCUT2D eigenvalue weighted by Crippen LogP contribution is -2.23. The van der Waals surface area contributed by atoms with E-state index in [1.54, 1.807) is 0 Å². The first-order valence-corrected chi connectivity index (χ1v) is 5.13. The fourth-order valence-corrected chi connectivity index (χ4v) is 2.19. The van der Waals surface area contributed by atoms with E-state index < -0.39 is 0 Å². The minimum Gasteiger partial charge on any atom is -0.524 e. The van der Waals surface area contributed by atoms with Crippen molar-refractivity contribution < 1.29 is 10.2 Å². The lowest BCUT2D eigenvalue weighted by atomic mass is 9.77. The van der Waals surface area contributed by atoms with Crippen LogP contribution >= 0.6 is 0 Å². The van der Waals surface area contributed by atoms with Gasteiger partial charge in [0.25, 0.3) is 0 Å². The molecule has 0 aromatic carbocycles. The smallest absolute Gasteiger partial charge is 0.190 e. The molecule has 0 bridgehead atoms. The molecule has 0 amide bonds. The van der Waals surface area contributed by atoms with Crippen molar-refractivity contribution in [3.05, 3.63) is 23.4 Å². The van der Waals surface area contributed by atoms with Crippen molar-refractivity contribution in [1.29, 1.82) is 0 Å². The van der Waals surface area contributed by atoms with Crippen molar-refractivity contribution in [3.63, 3.8) is 0 Å². The van der Waals surface area contributed by atoms with Gasteiger partial charge in [0.1, 0.15) is 0 Å². The highest BCUT2D eigenvalue weighted by Crippen LogP contribution is 2.33. The van der Waals surface area contributed by atoms with E-state index in [4.69, 9.17) is 11.7 Å². The first kappa shape index (κ1) is 11.1. The van der Waals surface area contributed by atoms with Gasteiger partial charge in [-0.1, -0.05) is 12.8 Å². The predicted molar refractivity (Wildman–Crippen MR) is 54.5 cm³/mol. The largest absolute Gasteiger partial charge is 0.524 e. The SMILES string of the molecule is [C-]#[N+]/C=C(/O)CC1CCCCC1CO. The van der Waals surface area contributed by atoms with Crippen LogP contribution in [0.25, 0.3) is 4.85 Å². The third-order valence-electron chi connectivity index (χ3n) is 2.99. The number of aliphatic hydroxyl groups is 2. The highest BCUT2D eigenvalue weighted by molar-refractivity contribution is 4.99. The summed E-state index contributed by atoms with van der Waals surface area (Å²) in [6.45, 7) is 6.79. The Morgan fingerprint density at radius 2 is 2.00 bits per heavy atom. The van der Waals surface area contributed by atoms with Gasteiger partial charge in [-0.15, -0.1) is 0 Å². The number of hydrogen-bond acceptors (Lipinski definition) is 2. The zero-order valence-corrected chi connectivity index (χ0v) is 8.32. The molecule has 1 saturated carbocycles. The van der Waals surface area contributed by atoms with Crippen molar-refractivity contribution in [2.24, 2.45) is 11.8 Å². The van der Waals surface area contributed by atoms with Crippen LogP contribution in [0.3, 0.4) is 0 Å². The molecular formula is C11H17NO2. The molecule has 1 aliphatic carbocycles. The van der Waals surface area contributed by atoms with Gasteiger partial charge in [0.2, 0.25) is 0 Å². The minimum atomic E-state index is 0.158. The topological polar surface area (TPSA) is 44.8 Å². The van der Waals surface area contributed by atoms with E-state index in [0.717, 1.165) is 12.8 Å². The number of hydrogen-bond donors (Lipinski definition) is 2. The molecule has 3 nitrogen and oxygen atoms in total. The van der Waals surface area contributed by atoms with Crippen LogP contribution in [0.15, 0.2) is 12.0 Å². The minimum absolute atomic E-state index is 0.158. The van der Waals surface area contributed by atoms with Crippen LogP contribution in [-0.4, -0.2) is 16.8 Å². The molecule has 1 aliphatic rings. The molecule has 0 spiro atoms. The van der Waals surface area contributed by atoms with Gasteiger partial charge < -0.3 is 10.2 Å². The average molecular weight is 195 g/mol. The Kier molecular flexibility index (Phi) is 4.48. The van der Waals surface area contributed by atoms with Gasteiger partial charge >= 0.3 is 0 Å². The lowest BCUT2D eigenvalue weighted by Gasteiger charge is -2.29. The maximum Gasteiger partial charge on any atom is 0.190 e. The second-order valence-corrected chi connectivity index (χ2v) is 3.94. The molecule has 3 heteroatoms. The normalized spacial score (nSPS) is 28.4. The molecule has 2 unspecified atom stereocenters. The highest BCUT2D eigenvalue weighted by Gasteiger charge is 2.24. The van der Waals surface area contributed by atoms with Crippen molar-refractivity contribution in [3.8, 4) is 0 Å². The second-order valence-electron chi connectivity index (χ2n) is 3.94. The van der Waals surface area contributed by atoms with Gasteiger partial charge in [0.15, 0.2) is 6.20 Å². The molecule has 14 heavy (non-hydrogen) atoms. The molecule has 0 radical (unpaired) electrons. The first-order chi connectivity index (χ1) is 6.77.